The molecule has 4 N–H and O–H groups in total. The third kappa shape index (κ3) is 4.44. The SMILES string of the molecule is C[C@H]1CCCC[C@@H]1Nc1nc2cccc(-c3cc(-c4ccc(P(=O)(O)O)o4)ccc3O)c2s1. The number of thiazole rings is 1. The summed E-state index contributed by atoms with van der Waals surface area (Å²) in [7, 11) is -4.48. The fourth-order valence-corrected chi connectivity index (χ4v) is 6.00. The summed E-state index contributed by atoms with van der Waals surface area (Å²) in [5, 5.41) is 15.1. The molecule has 7 nitrogen and oxygen atoms in total. The number of benzene rings is 2. The van der Waals surface area contributed by atoms with E-state index in [1.165, 1.54) is 31.4 Å². The van der Waals surface area contributed by atoms with Gasteiger partial charge in [-0.2, -0.15) is 0 Å². The van der Waals surface area contributed by atoms with Gasteiger partial charge in [0.2, 0.25) is 5.50 Å². The van der Waals surface area contributed by atoms with Gasteiger partial charge in [-0.15, -0.1) is 0 Å². The second-order valence-corrected chi connectivity index (χ2v) is 11.1. The topological polar surface area (TPSA) is 116 Å². The van der Waals surface area contributed by atoms with Crippen LogP contribution in [0.1, 0.15) is 32.6 Å². The van der Waals surface area contributed by atoms with E-state index in [0.29, 0.717) is 28.8 Å². The van der Waals surface area contributed by atoms with E-state index in [2.05, 4.69) is 12.2 Å². The van der Waals surface area contributed by atoms with Crippen LogP contribution in [0.2, 0.25) is 0 Å². The number of anilines is 1. The second-order valence-electron chi connectivity index (χ2n) is 8.60. The van der Waals surface area contributed by atoms with Crippen molar-refractivity contribution in [1.29, 1.82) is 0 Å². The Morgan fingerprint density at radius 1 is 1.09 bits per heavy atom. The van der Waals surface area contributed by atoms with Gasteiger partial charge in [0.15, 0.2) is 5.13 Å². The minimum atomic E-state index is -4.48. The van der Waals surface area contributed by atoms with E-state index in [4.69, 9.17) is 9.40 Å². The molecule has 0 amide bonds. The van der Waals surface area contributed by atoms with Crippen molar-refractivity contribution in [2.24, 2.45) is 5.92 Å². The zero-order valence-electron chi connectivity index (χ0n) is 18.1. The van der Waals surface area contributed by atoms with Crippen LogP contribution in [0.3, 0.4) is 0 Å². The first kappa shape index (κ1) is 22.2. The lowest BCUT2D eigenvalue weighted by molar-refractivity contribution is 0.349. The normalized spacial score (nSPS) is 19.1. The maximum Gasteiger partial charge on any atom is 0.391 e. The van der Waals surface area contributed by atoms with E-state index in [-0.39, 0.29) is 11.3 Å². The summed E-state index contributed by atoms with van der Waals surface area (Å²) in [5.74, 6) is 1.04. The Morgan fingerprint density at radius 3 is 2.67 bits per heavy atom. The molecule has 0 spiro atoms. The van der Waals surface area contributed by atoms with E-state index in [1.807, 2.05) is 18.2 Å². The van der Waals surface area contributed by atoms with Gasteiger partial charge in [0.1, 0.15) is 11.5 Å². The van der Waals surface area contributed by atoms with Gasteiger partial charge in [-0.05, 0) is 55.2 Å². The van der Waals surface area contributed by atoms with Gasteiger partial charge in [-0.25, -0.2) is 4.98 Å². The zero-order valence-corrected chi connectivity index (χ0v) is 19.8. The first-order chi connectivity index (χ1) is 15.8. The standard InChI is InChI=1S/C24H25N2O5PS/c1-14-5-2-3-7-18(14)25-24-26-19-8-4-6-16(23(19)33-24)17-13-15(9-10-20(17)27)21-11-12-22(31-21)32(28,29)30/h4,6,8-14,18,27H,2-3,5,7H2,1H3,(H,25,26)(H2,28,29,30)/t14-,18-/m0/s1. The van der Waals surface area contributed by atoms with Crippen LogP contribution >= 0.6 is 18.9 Å². The van der Waals surface area contributed by atoms with Crippen LogP contribution in [0, 0.1) is 5.92 Å². The van der Waals surface area contributed by atoms with Crippen molar-refractivity contribution < 1.29 is 23.9 Å². The van der Waals surface area contributed by atoms with Gasteiger partial charge in [-0.3, -0.25) is 4.57 Å². The molecular formula is C24H25N2O5PS. The molecule has 0 bridgehead atoms. The van der Waals surface area contributed by atoms with Crippen LogP contribution in [-0.2, 0) is 4.57 Å². The number of hydrogen-bond acceptors (Lipinski definition) is 6. The summed E-state index contributed by atoms with van der Waals surface area (Å²) in [5.41, 5.74) is 2.53. The Balaban J connectivity index is 1.52. The molecular weight excluding hydrogens is 459 g/mol. The van der Waals surface area contributed by atoms with E-state index >= 15 is 0 Å². The summed E-state index contributed by atoms with van der Waals surface area (Å²) in [6.07, 6.45) is 4.89. The van der Waals surface area contributed by atoms with Crippen molar-refractivity contribution in [3.8, 4) is 28.2 Å². The molecule has 5 rings (SSSR count). The quantitative estimate of drug-likeness (QED) is 0.268. The molecule has 2 aromatic carbocycles. The minimum absolute atomic E-state index is 0.108. The smallest absolute Gasteiger partial charge is 0.391 e. The Bertz CT molecular complexity index is 1360. The summed E-state index contributed by atoms with van der Waals surface area (Å²) in [6, 6.07) is 14.0. The molecule has 1 fully saturated rings. The van der Waals surface area contributed by atoms with Crippen molar-refractivity contribution in [1.82, 2.24) is 4.98 Å². The number of phenols is 1. The van der Waals surface area contributed by atoms with Crippen LogP contribution < -0.4 is 10.8 Å². The molecule has 1 aliphatic carbocycles. The third-order valence-corrected chi connectivity index (χ3v) is 8.14. The molecule has 2 aromatic heterocycles. The van der Waals surface area contributed by atoms with E-state index in [0.717, 1.165) is 27.3 Å². The van der Waals surface area contributed by atoms with Gasteiger partial charge < -0.3 is 24.6 Å². The van der Waals surface area contributed by atoms with Gasteiger partial charge in [-0.1, -0.05) is 43.2 Å². The van der Waals surface area contributed by atoms with Crippen LogP contribution in [-0.4, -0.2) is 25.9 Å². The minimum Gasteiger partial charge on any atom is -0.507 e. The summed E-state index contributed by atoms with van der Waals surface area (Å²) in [6.45, 7) is 2.28. The number of furan rings is 1. The molecule has 172 valence electrons. The van der Waals surface area contributed by atoms with Crippen LogP contribution in [0.5, 0.6) is 5.75 Å². The van der Waals surface area contributed by atoms with Crippen molar-refractivity contribution in [2.45, 2.75) is 38.6 Å². The summed E-state index contributed by atoms with van der Waals surface area (Å²) < 4.78 is 17.8. The van der Waals surface area contributed by atoms with Crippen LogP contribution in [0.25, 0.3) is 32.7 Å². The molecule has 1 aliphatic rings. The van der Waals surface area contributed by atoms with E-state index in [1.54, 1.807) is 29.5 Å². The predicted octanol–water partition coefficient (Wildman–Crippen LogP) is 5.72. The number of phenolic OH excluding ortho intramolecular Hbond substituents is 1. The molecule has 0 aliphatic heterocycles. The van der Waals surface area contributed by atoms with Gasteiger partial charge in [0.25, 0.3) is 0 Å². The highest BCUT2D eigenvalue weighted by atomic mass is 32.1. The lowest BCUT2D eigenvalue weighted by Gasteiger charge is -2.29. The van der Waals surface area contributed by atoms with Gasteiger partial charge >= 0.3 is 7.60 Å². The van der Waals surface area contributed by atoms with Crippen molar-refractivity contribution in [3.63, 3.8) is 0 Å². The molecule has 33 heavy (non-hydrogen) atoms. The number of fused-ring (bicyclic) bond motifs is 1. The zero-order chi connectivity index (χ0) is 23.2. The van der Waals surface area contributed by atoms with Crippen LogP contribution in [0.4, 0.5) is 5.13 Å². The number of rotatable bonds is 5. The average Bonchev–Trinajstić information content (AvgIpc) is 3.43. The van der Waals surface area contributed by atoms with Gasteiger partial charge in [0.05, 0.1) is 10.2 Å². The molecule has 9 heteroatoms. The van der Waals surface area contributed by atoms with Gasteiger partial charge in [0, 0.05) is 22.7 Å². The highest BCUT2D eigenvalue weighted by molar-refractivity contribution is 7.59. The molecule has 1 saturated carbocycles. The lowest BCUT2D eigenvalue weighted by atomic mass is 9.86. The Kier molecular flexibility index (Phi) is 5.79. The summed E-state index contributed by atoms with van der Waals surface area (Å²) >= 11 is 1.57. The predicted molar refractivity (Wildman–Crippen MR) is 131 cm³/mol. The molecule has 0 saturated heterocycles. The molecule has 0 radical (unpaired) electrons. The molecule has 4 aromatic rings. The third-order valence-electron chi connectivity index (χ3n) is 6.29. The number of aromatic hydroxyl groups is 1. The number of nitrogens with one attached hydrogen (secondary N) is 1. The molecule has 2 heterocycles. The fourth-order valence-electron chi connectivity index (χ4n) is 4.46. The van der Waals surface area contributed by atoms with Crippen molar-refractivity contribution >= 4 is 39.8 Å². The second kappa shape index (κ2) is 8.61. The largest absolute Gasteiger partial charge is 0.507 e. The van der Waals surface area contributed by atoms with E-state index < -0.39 is 7.60 Å². The Morgan fingerprint density at radius 2 is 1.91 bits per heavy atom. The fraction of sp³-hybridized carbons (Fsp3) is 0.292. The lowest BCUT2D eigenvalue weighted by Crippen LogP contribution is -2.30. The van der Waals surface area contributed by atoms with E-state index in [9.17, 15) is 19.5 Å². The Hall–Kier alpha value is -2.64. The molecule has 2 atom stereocenters. The maximum atomic E-state index is 11.5. The summed E-state index contributed by atoms with van der Waals surface area (Å²) in [4.78, 5) is 23.5. The number of hydrogen-bond donors (Lipinski definition) is 4. The first-order valence-electron chi connectivity index (χ1n) is 11.0. The first-order valence-corrected chi connectivity index (χ1v) is 13.4. The average molecular weight is 485 g/mol. The maximum absolute atomic E-state index is 11.5. The molecule has 0 unspecified atom stereocenters. The van der Waals surface area contributed by atoms with Crippen molar-refractivity contribution in [2.75, 3.05) is 5.32 Å². The number of nitrogens with zero attached hydrogens (tertiary/aromatic N) is 1. The monoisotopic (exact) mass is 484 g/mol. The highest BCUT2D eigenvalue weighted by Crippen LogP contribution is 2.42. The number of aromatic nitrogens is 1. The van der Waals surface area contributed by atoms with Crippen molar-refractivity contribution in [3.05, 3.63) is 48.5 Å². The Labute approximate surface area is 195 Å². The van der Waals surface area contributed by atoms with Crippen LogP contribution in [0.15, 0.2) is 52.9 Å². The highest BCUT2D eigenvalue weighted by Gasteiger charge is 2.24.